The van der Waals surface area contributed by atoms with Gasteiger partial charge in [-0.2, -0.15) is 0 Å². The second kappa shape index (κ2) is 14.2. The van der Waals surface area contributed by atoms with Crippen molar-refractivity contribution in [1.82, 2.24) is 10.2 Å². The Balaban J connectivity index is 1.69. The second-order valence-corrected chi connectivity index (χ2v) is 11.8. The highest BCUT2D eigenvalue weighted by molar-refractivity contribution is 7.92. The third kappa shape index (κ3) is 8.88. The number of nitrogens with zero attached hydrogens (tertiary/aromatic N) is 2. The summed E-state index contributed by atoms with van der Waals surface area (Å²) in [6.45, 7) is 2.58. The van der Waals surface area contributed by atoms with E-state index in [9.17, 15) is 18.0 Å². The Kier molecular flexibility index (Phi) is 11.0. The molecule has 37 heavy (non-hydrogen) atoms. The van der Waals surface area contributed by atoms with Crippen LogP contribution in [0.15, 0.2) is 60.7 Å². The summed E-state index contributed by atoms with van der Waals surface area (Å²) < 4.78 is 26.2. The van der Waals surface area contributed by atoms with Crippen LogP contribution in [0.2, 0.25) is 0 Å². The van der Waals surface area contributed by atoms with Gasteiger partial charge in [0.2, 0.25) is 21.8 Å². The van der Waals surface area contributed by atoms with Crippen molar-refractivity contribution in [2.45, 2.75) is 76.8 Å². The first-order valence-electron chi connectivity index (χ1n) is 13.5. The summed E-state index contributed by atoms with van der Waals surface area (Å²) in [5.41, 5.74) is 1.69. The van der Waals surface area contributed by atoms with Crippen molar-refractivity contribution in [3.8, 4) is 0 Å². The average Bonchev–Trinajstić information content (AvgIpc) is 2.89. The normalized spacial score (nSPS) is 15.1. The maximum absolute atomic E-state index is 13.5. The van der Waals surface area contributed by atoms with E-state index in [1.165, 1.54) is 17.0 Å². The number of sulfonamides is 1. The fourth-order valence-corrected chi connectivity index (χ4v) is 6.00. The molecule has 7 nitrogen and oxygen atoms in total. The average molecular weight is 528 g/mol. The first-order chi connectivity index (χ1) is 17.8. The Morgan fingerprint density at radius 3 is 2.16 bits per heavy atom. The standard InChI is InChI=1S/C29H41N3O4S/c1-3-27(29(34)30-25-16-9-5-10-17-25)31(23-21-24-14-7-4-8-15-24)28(33)20-13-22-32(37(2,35)36)26-18-11-6-12-19-26/h4,6-8,11-12,14-15,18-19,25,27H,3,5,9-10,13,16-17,20-23H2,1-2H3,(H,30,34). The quantitative estimate of drug-likeness (QED) is 0.415. The van der Waals surface area contributed by atoms with E-state index in [-0.39, 0.29) is 30.8 Å². The molecule has 202 valence electrons. The minimum absolute atomic E-state index is 0.0853. The first kappa shape index (κ1) is 28.7. The number of hydrogen-bond donors (Lipinski definition) is 1. The summed E-state index contributed by atoms with van der Waals surface area (Å²) in [5.74, 6) is -0.207. The van der Waals surface area contributed by atoms with Crippen LogP contribution in [-0.4, -0.2) is 56.6 Å². The van der Waals surface area contributed by atoms with Crippen LogP contribution in [0.3, 0.4) is 0 Å². The van der Waals surface area contributed by atoms with E-state index in [1.807, 2.05) is 43.3 Å². The third-order valence-electron chi connectivity index (χ3n) is 7.02. The van der Waals surface area contributed by atoms with Gasteiger partial charge in [-0.05, 0) is 49.8 Å². The molecular formula is C29H41N3O4S. The van der Waals surface area contributed by atoms with Crippen LogP contribution in [0.1, 0.15) is 63.9 Å². The van der Waals surface area contributed by atoms with Crippen molar-refractivity contribution in [2.24, 2.45) is 0 Å². The lowest BCUT2D eigenvalue weighted by Crippen LogP contribution is -2.52. The van der Waals surface area contributed by atoms with E-state index >= 15 is 0 Å². The molecular weight excluding hydrogens is 486 g/mol. The smallest absolute Gasteiger partial charge is 0.243 e. The fourth-order valence-electron chi connectivity index (χ4n) is 5.04. The minimum atomic E-state index is -3.49. The predicted octanol–water partition coefficient (Wildman–Crippen LogP) is 4.53. The number of benzene rings is 2. The topological polar surface area (TPSA) is 86.8 Å². The highest BCUT2D eigenvalue weighted by Gasteiger charge is 2.30. The molecule has 0 saturated heterocycles. The lowest BCUT2D eigenvalue weighted by Gasteiger charge is -2.33. The van der Waals surface area contributed by atoms with Gasteiger partial charge < -0.3 is 10.2 Å². The molecule has 2 aromatic rings. The predicted molar refractivity (Wildman–Crippen MR) is 149 cm³/mol. The van der Waals surface area contributed by atoms with E-state index in [2.05, 4.69) is 5.32 Å². The fraction of sp³-hybridized carbons (Fsp3) is 0.517. The maximum atomic E-state index is 13.5. The molecule has 1 fully saturated rings. The molecule has 0 radical (unpaired) electrons. The van der Waals surface area contributed by atoms with E-state index in [0.29, 0.717) is 31.5 Å². The maximum Gasteiger partial charge on any atom is 0.243 e. The van der Waals surface area contributed by atoms with E-state index in [4.69, 9.17) is 0 Å². The molecule has 2 aromatic carbocycles. The largest absolute Gasteiger partial charge is 0.352 e. The number of anilines is 1. The summed E-state index contributed by atoms with van der Waals surface area (Å²) in [5, 5.41) is 3.20. The van der Waals surface area contributed by atoms with Crippen LogP contribution < -0.4 is 9.62 Å². The third-order valence-corrected chi connectivity index (χ3v) is 8.21. The van der Waals surface area contributed by atoms with Gasteiger partial charge in [0.05, 0.1) is 11.9 Å². The van der Waals surface area contributed by atoms with Gasteiger partial charge >= 0.3 is 0 Å². The molecule has 0 spiro atoms. The number of para-hydroxylation sites is 1. The Labute approximate surface area is 222 Å². The van der Waals surface area contributed by atoms with Crippen molar-refractivity contribution < 1.29 is 18.0 Å². The van der Waals surface area contributed by atoms with Gasteiger partial charge in [0.1, 0.15) is 6.04 Å². The lowest BCUT2D eigenvalue weighted by molar-refractivity contribution is -0.141. The first-order valence-corrected chi connectivity index (χ1v) is 15.3. The van der Waals surface area contributed by atoms with Gasteiger partial charge in [-0.25, -0.2) is 8.42 Å². The summed E-state index contributed by atoms with van der Waals surface area (Å²) in [7, 11) is -3.49. The molecule has 3 rings (SSSR count). The Bertz CT molecular complexity index is 1090. The summed E-state index contributed by atoms with van der Waals surface area (Å²) >= 11 is 0. The molecule has 1 atom stereocenters. The molecule has 1 saturated carbocycles. The van der Waals surface area contributed by atoms with Gasteiger partial charge in [-0.3, -0.25) is 13.9 Å². The molecule has 1 aliphatic rings. The van der Waals surface area contributed by atoms with Crippen LogP contribution in [0.5, 0.6) is 0 Å². The summed E-state index contributed by atoms with van der Waals surface area (Å²) in [6, 6.07) is 18.5. The van der Waals surface area contributed by atoms with Crippen LogP contribution in [-0.2, 0) is 26.0 Å². The molecule has 0 aliphatic heterocycles. The summed E-state index contributed by atoms with van der Waals surface area (Å²) in [6.07, 6.45) is 8.31. The minimum Gasteiger partial charge on any atom is -0.352 e. The number of amides is 2. The van der Waals surface area contributed by atoms with Crippen molar-refractivity contribution in [3.05, 3.63) is 66.2 Å². The van der Waals surface area contributed by atoms with Gasteiger partial charge in [0.25, 0.3) is 0 Å². The Hall–Kier alpha value is -2.87. The van der Waals surface area contributed by atoms with Crippen LogP contribution in [0, 0.1) is 0 Å². The number of carbonyl (C=O) groups is 2. The molecule has 8 heteroatoms. The molecule has 1 N–H and O–H groups in total. The number of hydrogen-bond acceptors (Lipinski definition) is 4. The number of nitrogens with one attached hydrogen (secondary N) is 1. The van der Waals surface area contributed by atoms with Crippen LogP contribution in [0.25, 0.3) is 0 Å². The Morgan fingerprint density at radius 1 is 0.946 bits per heavy atom. The zero-order valence-electron chi connectivity index (χ0n) is 22.1. The summed E-state index contributed by atoms with van der Waals surface area (Å²) in [4.78, 5) is 28.5. The molecule has 0 bridgehead atoms. The van der Waals surface area contributed by atoms with Crippen molar-refractivity contribution in [1.29, 1.82) is 0 Å². The van der Waals surface area contributed by atoms with E-state index in [0.717, 1.165) is 31.2 Å². The number of rotatable bonds is 13. The van der Waals surface area contributed by atoms with Gasteiger partial charge in [-0.1, -0.05) is 74.7 Å². The zero-order valence-corrected chi connectivity index (χ0v) is 23.0. The second-order valence-electron chi connectivity index (χ2n) is 9.86. The molecule has 0 heterocycles. The van der Waals surface area contributed by atoms with Crippen molar-refractivity contribution in [3.63, 3.8) is 0 Å². The zero-order chi connectivity index (χ0) is 26.7. The highest BCUT2D eigenvalue weighted by atomic mass is 32.2. The van der Waals surface area contributed by atoms with Gasteiger partial charge in [0, 0.05) is 25.6 Å². The highest BCUT2D eigenvalue weighted by Crippen LogP contribution is 2.20. The van der Waals surface area contributed by atoms with E-state index in [1.54, 1.807) is 29.2 Å². The lowest BCUT2D eigenvalue weighted by atomic mass is 9.95. The SMILES string of the molecule is CCC(C(=O)NC1CCCCC1)N(CCc1ccccc1)C(=O)CCCN(c1ccccc1)S(C)(=O)=O. The molecule has 1 aliphatic carbocycles. The number of carbonyl (C=O) groups excluding carboxylic acids is 2. The van der Waals surface area contributed by atoms with E-state index < -0.39 is 16.1 Å². The van der Waals surface area contributed by atoms with Crippen molar-refractivity contribution >= 4 is 27.5 Å². The molecule has 2 amide bonds. The molecule has 0 aromatic heterocycles. The van der Waals surface area contributed by atoms with Crippen molar-refractivity contribution in [2.75, 3.05) is 23.7 Å². The monoisotopic (exact) mass is 527 g/mol. The Morgan fingerprint density at radius 2 is 1.57 bits per heavy atom. The van der Waals surface area contributed by atoms with Crippen LogP contribution in [0.4, 0.5) is 5.69 Å². The molecule has 1 unspecified atom stereocenters. The van der Waals surface area contributed by atoms with Gasteiger partial charge in [0.15, 0.2) is 0 Å². The van der Waals surface area contributed by atoms with Crippen LogP contribution >= 0.6 is 0 Å². The van der Waals surface area contributed by atoms with Gasteiger partial charge in [-0.15, -0.1) is 0 Å².